The maximum atomic E-state index is 12.6. The van der Waals surface area contributed by atoms with Crippen molar-refractivity contribution in [1.29, 1.82) is 0 Å². The van der Waals surface area contributed by atoms with Crippen LogP contribution in [0.25, 0.3) is 0 Å². The molecule has 174 valence electrons. The molecule has 0 aromatic heterocycles. The second-order valence-corrected chi connectivity index (χ2v) is 8.11. The average Bonchev–Trinajstić information content (AvgIpc) is 2.79. The summed E-state index contributed by atoms with van der Waals surface area (Å²) in [7, 11) is 3.27. The number of aliphatic imine (C=N–C) groups is 1. The Hall–Kier alpha value is -2.44. The summed E-state index contributed by atoms with van der Waals surface area (Å²) in [5.74, 6) is 2.08. The molecule has 1 amide bonds. The first-order chi connectivity index (χ1) is 15.1. The fourth-order valence-corrected chi connectivity index (χ4v) is 3.86. The van der Waals surface area contributed by atoms with Crippen LogP contribution in [-0.2, 0) is 17.8 Å². The quantitative estimate of drug-likeness (QED) is 0.282. The Morgan fingerprint density at radius 1 is 1.06 bits per heavy atom. The van der Waals surface area contributed by atoms with Gasteiger partial charge >= 0.3 is 0 Å². The van der Waals surface area contributed by atoms with Crippen LogP contribution < -0.4 is 20.5 Å². The minimum atomic E-state index is 0.161. The van der Waals surface area contributed by atoms with Crippen molar-refractivity contribution in [3.63, 3.8) is 0 Å². The van der Waals surface area contributed by atoms with Crippen LogP contribution in [0.2, 0.25) is 0 Å². The number of nitrogens with zero attached hydrogens (tertiary/aromatic N) is 2. The first-order valence-corrected chi connectivity index (χ1v) is 11.6. The zero-order valence-electron chi connectivity index (χ0n) is 19.5. The average molecular weight is 433 g/mol. The Balaban J connectivity index is 1.67. The van der Waals surface area contributed by atoms with E-state index >= 15 is 0 Å². The highest BCUT2D eigenvalue weighted by atomic mass is 16.5. The van der Waals surface area contributed by atoms with Gasteiger partial charge in [-0.3, -0.25) is 9.79 Å². The summed E-state index contributed by atoms with van der Waals surface area (Å²) in [5.41, 5.74) is 8.26. The molecule has 3 N–H and O–H groups in total. The number of nitrogens with two attached hydrogens (primary N) is 1. The number of carbonyl (C=O) groups is 1. The van der Waals surface area contributed by atoms with E-state index in [1.807, 2.05) is 17.0 Å². The third-order valence-corrected chi connectivity index (χ3v) is 5.74. The molecule has 0 bridgehead atoms. The standard InChI is InChI=1S/C24H40N4O3/c1-4-5-6-7-8-9-13-26-24(25)27-14-10-11-23(29)28-15-12-19-16-21(30-2)22(31-3)17-20(19)18-28/h16-17H,4-15,18H2,1-3H3,(H3,25,26,27). The number of unbranched alkanes of at least 4 members (excludes halogenated alkanes) is 5. The zero-order valence-corrected chi connectivity index (χ0v) is 19.5. The predicted molar refractivity (Wildman–Crippen MR) is 126 cm³/mol. The van der Waals surface area contributed by atoms with E-state index in [-0.39, 0.29) is 5.91 Å². The van der Waals surface area contributed by atoms with Gasteiger partial charge in [-0.05, 0) is 42.5 Å². The molecule has 0 unspecified atom stereocenters. The molecule has 0 aliphatic carbocycles. The number of benzene rings is 1. The minimum Gasteiger partial charge on any atom is -0.493 e. The third-order valence-electron chi connectivity index (χ3n) is 5.74. The van der Waals surface area contributed by atoms with Crippen LogP contribution >= 0.6 is 0 Å². The number of hydrogen-bond acceptors (Lipinski definition) is 4. The Bertz CT molecular complexity index is 721. The molecule has 0 radical (unpaired) electrons. The van der Waals surface area contributed by atoms with Gasteiger partial charge < -0.3 is 25.4 Å². The van der Waals surface area contributed by atoms with Crippen molar-refractivity contribution in [3.8, 4) is 11.5 Å². The Kier molecular flexibility index (Phi) is 11.0. The van der Waals surface area contributed by atoms with Gasteiger partial charge in [0.05, 0.1) is 14.2 Å². The highest BCUT2D eigenvalue weighted by molar-refractivity contribution is 5.78. The van der Waals surface area contributed by atoms with Gasteiger partial charge in [-0.1, -0.05) is 39.0 Å². The van der Waals surface area contributed by atoms with Crippen molar-refractivity contribution in [2.45, 2.75) is 71.3 Å². The van der Waals surface area contributed by atoms with Gasteiger partial charge in [0, 0.05) is 32.6 Å². The van der Waals surface area contributed by atoms with Gasteiger partial charge in [0.15, 0.2) is 17.5 Å². The van der Waals surface area contributed by atoms with Gasteiger partial charge in [-0.25, -0.2) is 0 Å². The maximum absolute atomic E-state index is 12.6. The number of fused-ring (bicyclic) bond motifs is 1. The van der Waals surface area contributed by atoms with Crippen molar-refractivity contribution in [2.24, 2.45) is 10.7 Å². The topological polar surface area (TPSA) is 89.2 Å². The second-order valence-electron chi connectivity index (χ2n) is 8.11. The van der Waals surface area contributed by atoms with Crippen LogP contribution in [0, 0.1) is 0 Å². The summed E-state index contributed by atoms with van der Waals surface area (Å²) in [6.45, 7) is 5.00. The summed E-state index contributed by atoms with van der Waals surface area (Å²) in [5, 5.41) is 3.17. The lowest BCUT2D eigenvalue weighted by Gasteiger charge is -2.29. The molecule has 1 aromatic carbocycles. The molecule has 0 spiro atoms. The lowest BCUT2D eigenvalue weighted by Crippen LogP contribution is -2.36. The predicted octanol–water partition coefficient (Wildman–Crippen LogP) is 3.63. The summed E-state index contributed by atoms with van der Waals surface area (Å²) in [4.78, 5) is 18.9. The van der Waals surface area contributed by atoms with E-state index < -0.39 is 0 Å². The number of guanidine groups is 1. The van der Waals surface area contributed by atoms with Crippen LogP contribution in [0.1, 0.15) is 69.4 Å². The molecule has 1 aromatic rings. The fourth-order valence-electron chi connectivity index (χ4n) is 3.86. The van der Waals surface area contributed by atoms with E-state index in [1.165, 1.54) is 37.7 Å². The number of hydrogen-bond donors (Lipinski definition) is 2. The van der Waals surface area contributed by atoms with Gasteiger partial charge in [0.25, 0.3) is 0 Å². The van der Waals surface area contributed by atoms with Crippen LogP contribution in [0.15, 0.2) is 17.1 Å². The number of rotatable bonds is 13. The van der Waals surface area contributed by atoms with E-state index in [1.54, 1.807) is 14.2 Å². The Morgan fingerprint density at radius 3 is 2.45 bits per heavy atom. The molecule has 2 rings (SSSR count). The lowest BCUT2D eigenvalue weighted by molar-refractivity contribution is -0.132. The minimum absolute atomic E-state index is 0.161. The normalized spacial score (nSPS) is 13.6. The van der Waals surface area contributed by atoms with E-state index in [0.29, 0.717) is 37.6 Å². The molecule has 0 atom stereocenters. The van der Waals surface area contributed by atoms with Crippen molar-refractivity contribution in [3.05, 3.63) is 23.3 Å². The highest BCUT2D eigenvalue weighted by Crippen LogP contribution is 2.33. The second kappa shape index (κ2) is 13.8. The molecular weight excluding hydrogens is 392 g/mol. The summed E-state index contributed by atoms with van der Waals surface area (Å²) >= 11 is 0. The molecule has 0 fully saturated rings. The molecule has 1 heterocycles. The number of ether oxygens (including phenoxy) is 2. The Labute approximate surface area is 187 Å². The zero-order chi connectivity index (χ0) is 22.5. The van der Waals surface area contributed by atoms with Gasteiger partial charge in [-0.2, -0.15) is 0 Å². The Morgan fingerprint density at radius 2 is 1.74 bits per heavy atom. The summed E-state index contributed by atoms with van der Waals surface area (Å²) in [6.07, 6.45) is 9.56. The molecule has 0 saturated heterocycles. The molecule has 7 heteroatoms. The van der Waals surface area contributed by atoms with Crippen molar-refractivity contribution in [1.82, 2.24) is 10.2 Å². The van der Waals surface area contributed by atoms with E-state index in [0.717, 1.165) is 37.2 Å². The van der Waals surface area contributed by atoms with Gasteiger partial charge in [-0.15, -0.1) is 0 Å². The summed E-state index contributed by atoms with van der Waals surface area (Å²) in [6, 6.07) is 4.00. The molecule has 0 saturated carbocycles. The molecule has 1 aliphatic rings. The summed E-state index contributed by atoms with van der Waals surface area (Å²) < 4.78 is 10.8. The maximum Gasteiger partial charge on any atom is 0.222 e. The van der Waals surface area contributed by atoms with E-state index in [2.05, 4.69) is 17.2 Å². The number of nitrogens with one attached hydrogen (secondary N) is 1. The molecule has 7 nitrogen and oxygen atoms in total. The van der Waals surface area contributed by atoms with E-state index in [4.69, 9.17) is 15.2 Å². The van der Waals surface area contributed by atoms with Gasteiger partial charge in [0.2, 0.25) is 5.91 Å². The smallest absolute Gasteiger partial charge is 0.222 e. The van der Waals surface area contributed by atoms with Crippen molar-refractivity contribution < 1.29 is 14.3 Å². The third kappa shape index (κ3) is 8.31. The number of carbonyl (C=O) groups excluding carboxylic acids is 1. The number of methoxy groups -OCH3 is 2. The highest BCUT2D eigenvalue weighted by Gasteiger charge is 2.22. The first-order valence-electron chi connectivity index (χ1n) is 11.6. The van der Waals surface area contributed by atoms with Crippen molar-refractivity contribution >= 4 is 11.9 Å². The SMILES string of the molecule is CCCCCCCCNC(N)=NCCCC(=O)N1CCc2cc(OC)c(OC)cc2C1. The monoisotopic (exact) mass is 432 g/mol. The molecular formula is C24H40N4O3. The fraction of sp³-hybridized carbons (Fsp3) is 0.667. The van der Waals surface area contributed by atoms with Gasteiger partial charge in [0.1, 0.15) is 0 Å². The van der Waals surface area contributed by atoms with E-state index in [9.17, 15) is 4.79 Å². The largest absolute Gasteiger partial charge is 0.493 e. The molecule has 1 aliphatic heterocycles. The number of amides is 1. The van der Waals surface area contributed by atoms with Crippen LogP contribution in [0.3, 0.4) is 0 Å². The molecule has 31 heavy (non-hydrogen) atoms. The first kappa shape index (κ1) is 24.8. The van der Waals surface area contributed by atoms with Crippen molar-refractivity contribution in [2.75, 3.05) is 33.9 Å². The van der Waals surface area contributed by atoms with Crippen LogP contribution in [-0.4, -0.2) is 50.6 Å². The van der Waals surface area contributed by atoms with Crippen LogP contribution in [0.5, 0.6) is 11.5 Å². The van der Waals surface area contributed by atoms with Crippen LogP contribution in [0.4, 0.5) is 0 Å². The lowest BCUT2D eigenvalue weighted by atomic mass is 9.98.